The Kier molecular flexibility index (Phi) is 6.72. The van der Waals surface area contributed by atoms with Crippen LogP contribution in [0.2, 0.25) is 0 Å². The van der Waals surface area contributed by atoms with Gasteiger partial charge < -0.3 is 14.2 Å². The maximum Gasteiger partial charge on any atom is 0.416 e. The van der Waals surface area contributed by atoms with Gasteiger partial charge in [0.05, 0.1) is 12.7 Å². The Balaban J connectivity index is 1.56. The van der Waals surface area contributed by atoms with Crippen LogP contribution in [0.5, 0.6) is 0 Å². The second-order valence-corrected chi connectivity index (χ2v) is 10.7. The van der Waals surface area contributed by atoms with E-state index in [1.54, 1.807) is 0 Å². The van der Waals surface area contributed by atoms with E-state index >= 15 is 0 Å². The number of esters is 1. The van der Waals surface area contributed by atoms with Gasteiger partial charge in [-0.2, -0.15) is 13.2 Å². The van der Waals surface area contributed by atoms with Crippen LogP contribution in [-0.2, 0) is 17.5 Å². The van der Waals surface area contributed by atoms with Gasteiger partial charge in [0.25, 0.3) is 0 Å². The summed E-state index contributed by atoms with van der Waals surface area (Å²) in [6.07, 6.45) is 1.19. The topological polar surface area (TPSA) is 73.1 Å². The Morgan fingerprint density at radius 3 is 2.45 bits per heavy atom. The number of benzene rings is 2. The molecule has 10 heteroatoms. The molecule has 7 nitrogen and oxygen atoms in total. The Labute approximate surface area is 230 Å². The lowest BCUT2D eigenvalue weighted by Gasteiger charge is -2.37. The Bertz CT molecular complexity index is 1560. The number of carbonyl (C=O) groups is 1. The fourth-order valence-corrected chi connectivity index (χ4v) is 5.91. The van der Waals surface area contributed by atoms with Crippen LogP contribution >= 0.6 is 0 Å². The lowest BCUT2D eigenvalue weighted by Crippen LogP contribution is -2.39. The van der Waals surface area contributed by atoms with Gasteiger partial charge in [-0.05, 0) is 62.3 Å². The molecule has 0 amide bonds. The Hall–Kier alpha value is -3.95. The molecule has 2 aromatic carbocycles. The normalized spacial score (nSPS) is 17.8. The number of halogens is 3. The highest BCUT2D eigenvalue weighted by Gasteiger charge is 2.38. The first-order valence-electron chi connectivity index (χ1n) is 13.6. The van der Waals surface area contributed by atoms with Gasteiger partial charge in [0.15, 0.2) is 11.5 Å². The summed E-state index contributed by atoms with van der Waals surface area (Å²) in [7, 11) is 1.30. The van der Waals surface area contributed by atoms with Crippen molar-refractivity contribution in [2.45, 2.75) is 57.8 Å². The first-order chi connectivity index (χ1) is 19.2. The van der Waals surface area contributed by atoms with Crippen molar-refractivity contribution in [2.24, 2.45) is 5.92 Å². The molecule has 0 bridgehead atoms. The summed E-state index contributed by atoms with van der Waals surface area (Å²) in [5.41, 5.74) is 2.88. The zero-order chi connectivity index (χ0) is 28.0. The van der Waals surface area contributed by atoms with Crippen molar-refractivity contribution in [3.8, 4) is 11.4 Å². The highest BCUT2D eigenvalue weighted by Crippen LogP contribution is 2.41. The molecule has 1 aliphatic carbocycles. The number of rotatable bonds is 6. The quantitative estimate of drug-likeness (QED) is 0.258. The number of carbonyl (C=O) groups excluding carboxylic acids is 1. The molecule has 6 rings (SSSR count). The lowest BCUT2D eigenvalue weighted by molar-refractivity contribution is -0.137. The Morgan fingerprint density at radius 1 is 1.02 bits per heavy atom. The van der Waals surface area contributed by atoms with Crippen LogP contribution in [-0.4, -0.2) is 45.2 Å². The van der Waals surface area contributed by atoms with Crippen LogP contribution in [0.25, 0.3) is 22.6 Å². The smallest absolute Gasteiger partial charge is 0.416 e. The SMILES string of the molecule is COC(=O)c1nc(N2CCCC2C2CCC2)c2c(n1)nc(-c1cccc(C)c1)n2Cc1ccc(C(F)(F)F)cc1. The molecule has 0 radical (unpaired) electrons. The predicted octanol–water partition coefficient (Wildman–Crippen LogP) is 6.42. The lowest BCUT2D eigenvalue weighted by atomic mass is 9.79. The third-order valence-electron chi connectivity index (χ3n) is 8.12. The van der Waals surface area contributed by atoms with Gasteiger partial charge in [-0.15, -0.1) is 0 Å². The van der Waals surface area contributed by atoms with Crippen molar-refractivity contribution in [3.63, 3.8) is 0 Å². The van der Waals surface area contributed by atoms with E-state index in [1.807, 2.05) is 35.8 Å². The zero-order valence-electron chi connectivity index (χ0n) is 22.4. The van der Waals surface area contributed by atoms with E-state index in [-0.39, 0.29) is 12.4 Å². The van der Waals surface area contributed by atoms with Crippen molar-refractivity contribution in [3.05, 3.63) is 71.0 Å². The summed E-state index contributed by atoms with van der Waals surface area (Å²) in [4.78, 5) is 29.1. The van der Waals surface area contributed by atoms with E-state index in [1.165, 1.54) is 38.5 Å². The first-order valence-corrected chi connectivity index (χ1v) is 13.6. The molecule has 0 N–H and O–H groups in total. The summed E-state index contributed by atoms with van der Waals surface area (Å²) < 4.78 is 46.7. The number of fused-ring (bicyclic) bond motifs is 1. The fraction of sp³-hybridized carbons (Fsp3) is 0.400. The van der Waals surface area contributed by atoms with Crippen molar-refractivity contribution < 1.29 is 22.7 Å². The number of aryl methyl sites for hydroxylation is 1. The van der Waals surface area contributed by atoms with E-state index in [2.05, 4.69) is 9.88 Å². The van der Waals surface area contributed by atoms with Crippen molar-refractivity contribution in [1.82, 2.24) is 19.5 Å². The molecule has 1 saturated carbocycles. The molecular weight excluding hydrogens is 519 g/mol. The van der Waals surface area contributed by atoms with Crippen LogP contribution in [0.3, 0.4) is 0 Å². The highest BCUT2D eigenvalue weighted by atomic mass is 19.4. The van der Waals surface area contributed by atoms with E-state index in [4.69, 9.17) is 14.7 Å². The van der Waals surface area contributed by atoms with Gasteiger partial charge in [0, 0.05) is 24.7 Å². The number of nitrogens with zero attached hydrogens (tertiary/aromatic N) is 5. The van der Waals surface area contributed by atoms with Crippen LogP contribution in [0, 0.1) is 12.8 Å². The summed E-state index contributed by atoms with van der Waals surface area (Å²) >= 11 is 0. The molecule has 1 saturated heterocycles. The largest absolute Gasteiger partial charge is 0.463 e. The number of ether oxygens (including phenoxy) is 1. The molecule has 40 heavy (non-hydrogen) atoms. The number of hydrogen-bond donors (Lipinski definition) is 0. The minimum absolute atomic E-state index is 0.0563. The molecule has 1 aliphatic heterocycles. The molecular formula is C30H30F3N5O2. The van der Waals surface area contributed by atoms with Gasteiger partial charge in [0.1, 0.15) is 11.3 Å². The monoisotopic (exact) mass is 549 g/mol. The summed E-state index contributed by atoms with van der Waals surface area (Å²) in [6, 6.07) is 13.4. The molecule has 2 fully saturated rings. The van der Waals surface area contributed by atoms with Crippen molar-refractivity contribution >= 4 is 23.0 Å². The van der Waals surface area contributed by atoms with E-state index in [0.29, 0.717) is 40.3 Å². The van der Waals surface area contributed by atoms with Gasteiger partial charge in [-0.3, -0.25) is 0 Å². The number of anilines is 1. The second-order valence-electron chi connectivity index (χ2n) is 10.7. The fourth-order valence-electron chi connectivity index (χ4n) is 5.91. The molecule has 4 aromatic rings. The number of hydrogen-bond acceptors (Lipinski definition) is 6. The summed E-state index contributed by atoms with van der Waals surface area (Å²) in [5, 5.41) is 0. The van der Waals surface area contributed by atoms with Gasteiger partial charge >= 0.3 is 12.1 Å². The average molecular weight is 550 g/mol. The van der Waals surface area contributed by atoms with E-state index < -0.39 is 17.7 Å². The first kappa shape index (κ1) is 26.3. The van der Waals surface area contributed by atoms with Crippen LogP contribution < -0.4 is 4.90 Å². The predicted molar refractivity (Wildman–Crippen MR) is 145 cm³/mol. The maximum absolute atomic E-state index is 13.2. The molecule has 2 aliphatic rings. The number of alkyl halides is 3. The zero-order valence-corrected chi connectivity index (χ0v) is 22.4. The standard InChI is InChI=1S/C30H30F3N5O2/c1-18-6-3-9-21(16-18)27-35-25-24(38(27)17-19-11-13-22(14-12-19)30(31,32)33)28(36-26(34-25)29(39)40-2)37-15-5-10-23(37)20-7-4-8-20/h3,6,9,11-14,16,20,23H,4-5,7-8,10,15,17H2,1-2H3. The third kappa shape index (κ3) is 4.80. The third-order valence-corrected chi connectivity index (χ3v) is 8.12. The average Bonchev–Trinajstić information content (AvgIpc) is 3.52. The van der Waals surface area contributed by atoms with Crippen LogP contribution in [0.4, 0.5) is 19.0 Å². The van der Waals surface area contributed by atoms with E-state index in [9.17, 15) is 18.0 Å². The number of imidazole rings is 1. The van der Waals surface area contributed by atoms with Gasteiger partial charge in [-0.1, -0.05) is 42.3 Å². The molecule has 1 atom stereocenters. The minimum atomic E-state index is -4.41. The summed E-state index contributed by atoms with van der Waals surface area (Å²) in [5.74, 6) is 1.10. The Morgan fingerprint density at radius 2 is 1.80 bits per heavy atom. The summed E-state index contributed by atoms with van der Waals surface area (Å²) in [6.45, 7) is 3.04. The maximum atomic E-state index is 13.2. The number of aromatic nitrogens is 4. The van der Waals surface area contributed by atoms with Crippen LogP contribution in [0.1, 0.15) is 59.4 Å². The molecule has 1 unspecified atom stereocenters. The molecule has 0 spiro atoms. The molecule has 3 heterocycles. The van der Waals surface area contributed by atoms with Gasteiger partial charge in [0.2, 0.25) is 5.82 Å². The van der Waals surface area contributed by atoms with Gasteiger partial charge in [-0.25, -0.2) is 19.7 Å². The second kappa shape index (κ2) is 10.2. The van der Waals surface area contributed by atoms with Crippen molar-refractivity contribution in [1.29, 1.82) is 0 Å². The molecule has 208 valence electrons. The number of methoxy groups -OCH3 is 1. The highest BCUT2D eigenvalue weighted by molar-refractivity contribution is 5.93. The van der Waals surface area contributed by atoms with E-state index in [0.717, 1.165) is 42.6 Å². The molecule has 2 aromatic heterocycles. The van der Waals surface area contributed by atoms with Crippen LogP contribution in [0.15, 0.2) is 48.5 Å². The minimum Gasteiger partial charge on any atom is -0.463 e. The van der Waals surface area contributed by atoms with Crippen molar-refractivity contribution in [2.75, 3.05) is 18.6 Å².